The molecule has 0 radical (unpaired) electrons. The molecule has 5 rings (SSSR count). The third-order valence-corrected chi connectivity index (χ3v) is 5.73. The van der Waals surface area contributed by atoms with Gasteiger partial charge in [0.1, 0.15) is 0 Å². The van der Waals surface area contributed by atoms with Gasteiger partial charge in [0.2, 0.25) is 6.79 Å². The Balaban J connectivity index is 1.17. The van der Waals surface area contributed by atoms with E-state index in [1.165, 1.54) is 0 Å². The summed E-state index contributed by atoms with van der Waals surface area (Å²) in [5.41, 5.74) is 1.79. The molecular formula is C24H23N3O4. The van der Waals surface area contributed by atoms with Gasteiger partial charge in [-0.05, 0) is 29.1 Å². The van der Waals surface area contributed by atoms with Crippen LogP contribution in [0.15, 0.2) is 60.7 Å². The van der Waals surface area contributed by atoms with E-state index < -0.39 is 11.8 Å². The van der Waals surface area contributed by atoms with Gasteiger partial charge in [-0.15, -0.1) is 0 Å². The highest BCUT2D eigenvalue weighted by molar-refractivity contribution is 6.40. The van der Waals surface area contributed by atoms with Crippen molar-refractivity contribution in [2.75, 3.05) is 38.3 Å². The smallest absolute Gasteiger partial charge is 0.313 e. The molecule has 1 fully saturated rings. The molecule has 0 unspecified atom stereocenters. The lowest BCUT2D eigenvalue weighted by Crippen LogP contribution is -2.51. The predicted octanol–water partition coefficient (Wildman–Crippen LogP) is 2.85. The molecule has 3 aromatic rings. The molecule has 0 atom stereocenters. The monoisotopic (exact) mass is 417 g/mol. The average Bonchev–Trinajstić information content (AvgIpc) is 3.27. The predicted molar refractivity (Wildman–Crippen MR) is 117 cm³/mol. The van der Waals surface area contributed by atoms with E-state index in [1.54, 1.807) is 4.90 Å². The standard InChI is InChI=1S/C24H23N3O4/c28-23(25-20-7-3-5-18-4-1-2-6-19(18)20)24(29)27-12-10-26(11-13-27)15-17-8-9-21-22(14-17)31-16-30-21/h1-9,14H,10-13,15-16H2,(H,25,28). The molecule has 0 aliphatic carbocycles. The van der Waals surface area contributed by atoms with Crippen LogP contribution in [0.5, 0.6) is 11.5 Å². The molecule has 2 aliphatic rings. The second kappa shape index (κ2) is 8.28. The maximum absolute atomic E-state index is 12.7. The molecule has 0 saturated carbocycles. The van der Waals surface area contributed by atoms with Gasteiger partial charge in [0.05, 0.1) is 0 Å². The zero-order valence-corrected chi connectivity index (χ0v) is 17.0. The van der Waals surface area contributed by atoms with Crippen molar-refractivity contribution >= 4 is 28.3 Å². The largest absolute Gasteiger partial charge is 0.454 e. The lowest BCUT2D eigenvalue weighted by atomic mass is 10.1. The van der Waals surface area contributed by atoms with Crippen molar-refractivity contribution < 1.29 is 19.1 Å². The van der Waals surface area contributed by atoms with Gasteiger partial charge >= 0.3 is 11.8 Å². The normalized spacial score (nSPS) is 15.8. The van der Waals surface area contributed by atoms with Gasteiger partial charge < -0.3 is 19.7 Å². The highest BCUT2D eigenvalue weighted by Gasteiger charge is 2.26. The molecule has 2 aliphatic heterocycles. The van der Waals surface area contributed by atoms with Crippen LogP contribution in [-0.4, -0.2) is 54.6 Å². The third kappa shape index (κ3) is 4.04. The maximum atomic E-state index is 12.7. The summed E-state index contributed by atoms with van der Waals surface area (Å²) in [4.78, 5) is 29.2. The van der Waals surface area contributed by atoms with Crippen molar-refractivity contribution in [1.82, 2.24) is 9.80 Å². The lowest BCUT2D eigenvalue weighted by Gasteiger charge is -2.34. The second-order valence-electron chi connectivity index (χ2n) is 7.74. The number of ether oxygens (including phenoxy) is 2. The minimum atomic E-state index is -0.597. The number of piperazine rings is 1. The number of carbonyl (C=O) groups is 2. The van der Waals surface area contributed by atoms with Crippen LogP contribution < -0.4 is 14.8 Å². The minimum absolute atomic E-state index is 0.264. The molecule has 158 valence electrons. The molecule has 1 saturated heterocycles. The molecule has 0 spiro atoms. The van der Waals surface area contributed by atoms with Crippen molar-refractivity contribution in [2.24, 2.45) is 0 Å². The first kappa shape index (κ1) is 19.4. The van der Waals surface area contributed by atoms with Crippen molar-refractivity contribution in [1.29, 1.82) is 0 Å². The third-order valence-electron chi connectivity index (χ3n) is 5.73. The van der Waals surface area contributed by atoms with Gasteiger partial charge in [-0.3, -0.25) is 14.5 Å². The Bertz CT molecular complexity index is 1130. The topological polar surface area (TPSA) is 71.1 Å². The van der Waals surface area contributed by atoms with Crippen molar-refractivity contribution in [2.45, 2.75) is 6.54 Å². The molecule has 2 amide bonds. The van der Waals surface area contributed by atoms with Crippen LogP contribution in [0.1, 0.15) is 5.56 Å². The Morgan fingerprint density at radius 1 is 0.871 bits per heavy atom. The number of benzene rings is 3. The van der Waals surface area contributed by atoms with Crippen molar-refractivity contribution in [3.8, 4) is 11.5 Å². The van der Waals surface area contributed by atoms with E-state index in [2.05, 4.69) is 10.2 Å². The zero-order valence-electron chi connectivity index (χ0n) is 17.0. The summed E-state index contributed by atoms with van der Waals surface area (Å²) < 4.78 is 10.8. The number of nitrogens with zero attached hydrogens (tertiary/aromatic N) is 2. The van der Waals surface area contributed by atoms with Gasteiger partial charge in [-0.1, -0.05) is 42.5 Å². The Morgan fingerprint density at radius 2 is 1.65 bits per heavy atom. The molecule has 7 heteroatoms. The fourth-order valence-electron chi connectivity index (χ4n) is 4.06. The summed E-state index contributed by atoms with van der Waals surface area (Å²) in [6.07, 6.45) is 0. The number of fused-ring (bicyclic) bond motifs is 2. The van der Waals surface area contributed by atoms with Crippen LogP contribution >= 0.6 is 0 Å². The van der Waals surface area contributed by atoms with Crippen LogP contribution in [0, 0.1) is 0 Å². The van der Waals surface area contributed by atoms with E-state index in [1.807, 2.05) is 60.7 Å². The Kier molecular flexibility index (Phi) is 5.18. The number of hydrogen-bond acceptors (Lipinski definition) is 5. The Morgan fingerprint density at radius 3 is 2.52 bits per heavy atom. The van der Waals surface area contributed by atoms with Gasteiger partial charge in [0.25, 0.3) is 0 Å². The van der Waals surface area contributed by atoms with Crippen LogP contribution in [0.25, 0.3) is 10.8 Å². The first-order valence-corrected chi connectivity index (χ1v) is 10.4. The number of carbonyl (C=O) groups excluding carboxylic acids is 2. The SMILES string of the molecule is O=C(Nc1cccc2ccccc12)C(=O)N1CCN(Cc2ccc3c(c2)OCO3)CC1. The van der Waals surface area contributed by atoms with Crippen LogP contribution in [0.4, 0.5) is 5.69 Å². The van der Waals surface area contributed by atoms with Gasteiger partial charge in [-0.2, -0.15) is 0 Å². The first-order valence-electron chi connectivity index (χ1n) is 10.4. The quantitative estimate of drug-likeness (QED) is 0.664. The summed E-state index contributed by atoms with van der Waals surface area (Å²) in [5.74, 6) is 0.462. The number of hydrogen-bond donors (Lipinski definition) is 1. The number of rotatable bonds is 3. The molecule has 31 heavy (non-hydrogen) atoms. The van der Waals surface area contributed by atoms with Gasteiger partial charge in [-0.25, -0.2) is 0 Å². The van der Waals surface area contributed by atoms with Crippen LogP contribution in [0.2, 0.25) is 0 Å². The summed E-state index contributed by atoms with van der Waals surface area (Å²) in [6, 6.07) is 19.4. The lowest BCUT2D eigenvalue weighted by molar-refractivity contribution is -0.144. The minimum Gasteiger partial charge on any atom is -0.454 e. The molecule has 1 N–H and O–H groups in total. The molecule has 3 aromatic carbocycles. The van der Waals surface area contributed by atoms with Gasteiger partial charge in [0.15, 0.2) is 11.5 Å². The second-order valence-corrected chi connectivity index (χ2v) is 7.74. The fourth-order valence-corrected chi connectivity index (χ4v) is 4.06. The van der Waals surface area contributed by atoms with E-state index in [0.717, 1.165) is 34.4 Å². The van der Waals surface area contributed by atoms with Crippen molar-refractivity contribution in [3.05, 3.63) is 66.2 Å². The highest BCUT2D eigenvalue weighted by Crippen LogP contribution is 2.32. The number of nitrogens with one attached hydrogen (secondary N) is 1. The first-order chi connectivity index (χ1) is 15.2. The number of anilines is 1. The van der Waals surface area contributed by atoms with Gasteiger partial charge in [0, 0.05) is 43.8 Å². The van der Waals surface area contributed by atoms with E-state index in [-0.39, 0.29) is 6.79 Å². The molecular weight excluding hydrogens is 394 g/mol. The summed E-state index contributed by atoms with van der Waals surface area (Å²) >= 11 is 0. The molecule has 7 nitrogen and oxygen atoms in total. The molecule has 0 aromatic heterocycles. The number of amides is 2. The molecule has 2 heterocycles. The van der Waals surface area contributed by atoms with Crippen LogP contribution in [0.3, 0.4) is 0 Å². The van der Waals surface area contributed by atoms with Crippen molar-refractivity contribution in [3.63, 3.8) is 0 Å². The van der Waals surface area contributed by atoms with E-state index in [4.69, 9.17) is 9.47 Å². The zero-order chi connectivity index (χ0) is 21.2. The summed E-state index contributed by atoms with van der Waals surface area (Å²) in [7, 11) is 0. The Labute approximate surface area is 180 Å². The molecule has 0 bridgehead atoms. The highest BCUT2D eigenvalue weighted by atomic mass is 16.7. The average molecular weight is 417 g/mol. The fraction of sp³-hybridized carbons (Fsp3) is 0.250. The van der Waals surface area contributed by atoms with E-state index in [9.17, 15) is 9.59 Å². The van der Waals surface area contributed by atoms with E-state index >= 15 is 0 Å². The Hall–Kier alpha value is -3.58. The maximum Gasteiger partial charge on any atom is 0.313 e. The summed E-state index contributed by atoms with van der Waals surface area (Å²) in [5, 5.41) is 4.72. The van der Waals surface area contributed by atoms with Crippen LogP contribution in [-0.2, 0) is 16.1 Å². The summed E-state index contributed by atoms with van der Waals surface area (Å²) in [6.45, 7) is 3.49. The van der Waals surface area contributed by atoms with E-state index in [0.29, 0.717) is 31.9 Å².